The van der Waals surface area contributed by atoms with Crippen molar-refractivity contribution in [2.24, 2.45) is 0 Å². The van der Waals surface area contributed by atoms with Gasteiger partial charge in [0.05, 0.1) is 5.75 Å². The van der Waals surface area contributed by atoms with Gasteiger partial charge in [-0.2, -0.15) is 0 Å². The van der Waals surface area contributed by atoms with Crippen LogP contribution in [-0.2, 0) is 11.3 Å². The monoisotopic (exact) mass is 480 g/mol. The van der Waals surface area contributed by atoms with Gasteiger partial charge in [-0.15, -0.1) is 10.2 Å². The largest absolute Gasteiger partial charge is 0.483 e. The molecule has 1 aromatic heterocycles. The molecule has 0 saturated carbocycles. The minimum absolute atomic E-state index is 0.0931. The highest BCUT2D eigenvalue weighted by Gasteiger charge is 2.20. The summed E-state index contributed by atoms with van der Waals surface area (Å²) in [4.78, 5) is 12.6. The molecule has 1 heterocycles. The lowest BCUT2D eigenvalue weighted by Crippen LogP contribution is -2.15. The minimum atomic E-state index is -0.308. The molecule has 0 spiro atoms. The number of thioether (sulfide) groups is 1. The third-order valence-electron chi connectivity index (χ3n) is 5.26. The minimum Gasteiger partial charge on any atom is -0.483 e. The van der Waals surface area contributed by atoms with Crippen LogP contribution in [0.2, 0.25) is 5.02 Å². The number of rotatable bonds is 8. The summed E-state index contributed by atoms with van der Waals surface area (Å²) in [5.41, 5.74) is 1.75. The number of carbonyl (C=O) groups is 1. The smallest absolute Gasteiger partial charge is 0.234 e. The maximum Gasteiger partial charge on any atom is 0.234 e. The fourth-order valence-corrected chi connectivity index (χ4v) is 4.53. The van der Waals surface area contributed by atoms with Gasteiger partial charge in [0.1, 0.15) is 5.75 Å². The van der Waals surface area contributed by atoms with Crippen LogP contribution in [0.1, 0.15) is 31.3 Å². The topological polar surface area (TPSA) is 69.0 Å². The van der Waals surface area contributed by atoms with Crippen LogP contribution in [0.15, 0.2) is 65.8 Å². The molecule has 1 unspecified atom stereocenters. The Hall–Kier alpha value is -3.03. The van der Waals surface area contributed by atoms with E-state index in [1.54, 1.807) is 0 Å². The van der Waals surface area contributed by atoms with Crippen molar-refractivity contribution in [1.82, 2.24) is 14.8 Å². The van der Waals surface area contributed by atoms with Gasteiger partial charge in [-0.1, -0.05) is 59.8 Å². The summed E-state index contributed by atoms with van der Waals surface area (Å²) in [7, 11) is 0. The zero-order valence-electron chi connectivity index (χ0n) is 18.7. The quantitative estimate of drug-likeness (QED) is 0.300. The average Bonchev–Trinajstić information content (AvgIpc) is 3.23. The van der Waals surface area contributed by atoms with Gasteiger partial charge >= 0.3 is 0 Å². The van der Waals surface area contributed by atoms with Crippen LogP contribution in [0.5, 0.6) is 5.75 Å². The number of hydrogen-bond acceptors (Lipinski definition) is 5. The second-order valence-electron chi connectivity index (χ2n) is 7.62. The van der Waals surface area contributed by atoms with Crippen LogP contribution in [0.3, 0.4) is 0 Å². The molecule has 4 rings (SSSR count). The van der Waals surface area contributed by atoms with Crippen molar-refractivity contribution in [3.63, 3.8) is 0 Å². The molecule has 0 fully saturated rings. The highest BCUT2D eigenvalue weighted by Crippen LogP contribution is 2.28. The number of aromatic nitrogens is 3. The molecule has 0 aliphatic carbocycles. The fourth-order valence-electron chi connectivity index (χ4n) is 3.60. The van der Waals surface area contributed by atoms with Crippen LogP contribution >= 0.6 is 23.4 Å². The molecular weight excluding hydrogens is 456 g/mol. The van der Waals surface area contributed by atoms with Crippen molar-refractivity contribution in [2.75, 3.05) is 11.1 Å². The first-order valence-electron chi connectivity index (χ1n) is 10.7. The van der Waals surface area contributed by atoms with E-state index < -0.39 is 0 Å². The van der Waals surface area contributed by atoms with E-state index in [1.807, 2.05) is 86.0 Å². The number of aryl methyl sites for hydroxylation is 1. The summed E-state index contributed by atoms with van der Waals surface area (Å²) in [6.07, 6.45) is -0.308. The Bertz CT molecular complexity index is 1290. The molecule has 1 N–H and O–H groups in total. The summed E-state index contributed by atoms with van der Waals surface area (Å²) < 4.78 is 8.04. The van der Waals surface area contributed by atoms with Crippen LogP contribution in [0, 0.1) is 6.92 Å². The normalized spacial score (nSPS) is 12.0. The van der Waals surface area contributed by atoms with E-state index in [-0.39, 0.29) is 17.8 Å². The third kappa shape index (κ3) is 5.31. The highest BCUT2D eigenvalue weighted by molar-refractivity contribution is 7.99. The van der Waals surface area contributed by atoms with E-state index in [0.717, 1.165) is 27.8 Å². The summed E-state index contributed by atoms with van der Waals surface area (Å²) in [6, 6.07) is 19.4. The summed E-state index contributed by atoms with van der Waals surface area (Å²) >= 11 is 7.47. The van der Waals surface area contributed by atoms with Crippen LogP contribution in [0.4, 0.5) is 5.69 Å². The maximum atomic E-state index is 12.6. The molecule has 33 heavy (non-hydrogen) atoms. The standard InChI is InChI=1S/C25H25ClN4O2S/c1-4-30-24(17(3)32-19-12-13-21(26)16(2)14-19)28-29-25(30)33-15-23(31)27-22-11-7-9-18-8-5-6-10-20(18)22/h5-14,17H,4,15H2,1-3H3,(H,27,31). The van der Waals surface area contributed by atoms with Crippen molar-refractivity contribution in [3.8, 4) is 5.75 Å². The molecule has 0 radical (unpaired) electrons. The average molecular weight is 481 g/mol. The number of benzene rings is 3. The van der Waals surface area contributed by atoms with E-state index >= 15 is 0 Å². The molecule has 8 heteroatoms. The maximum absolute atomic E-state index is 12.6. The number of amides is 1. The third-order valence-corrected chi connectivity index (χ3v) is 6.65. The molecular formula is C25H25ClN4O2S. The first kappa shape index (κ1) is 23.1. The molecule has 4 aromatic rings. The van der Waals surface area contributed by atoms with Gasteiger partial charge in [0.15, 0.2) is 17.1 Å². The van der Waals surface area contributed by atoms with Crippen molar-refractivity contribution in [1.29, 1.82) is 0 Å². The predicted octanol–water partition coefficient (Wildman–Crippen LogP) is 6.28. The van der Waals surface area contributed by atoms with Gasteiger partial charge in [-0.3, -0.25) is 4.79 Å². The number of nitrogens with zero attached hydrogens (tertiary/aromatic N) is 3. The lowest BCUT2D eigenvalue weighted by molar-refractivity contribution is -0.113. The molecule has 0 aliphatic heterocycles. The number of carbonyl (C=O) groups excluding carboxylic acids is 1. The molecule has 1 amide bonds. The molecule has 6 nitrogen and oxygen atoms in total. The molecule has 3 aromatic carbocycles. The Morgan fingerprint density at radius 1 is 1.15 bits per heavy atom. The molecule has 170 valence electrons. The SMILES string of the molecule is CCn1c(SCC(=O)Nc2cccc3ccccc23)nnc1C(C)Oc1ccc(Cl)c(C)c1. The van der Waals surface area contributed by atoms with Crippen molar-refractivity contribution in [3.05, 3.63) is 77.1 Å². The van der Waals surface area contributed by atoms with E-state index in [1.165, 1.54) is 11.8 Å². The molecule has 0 saturated heterocycles. The van der Waals surface area contributed by atoms with E-state index in [9.17, 15) is 4.79 Å². The Balaban J connectivity index is 1.42. The molecule has 0 aliphatic rings. The fraction of sp³-hybridized carbons (Fsp3) is 0.240. The van der Waals surface area contributed by atoms with E-state index in [0.29, 0.717) is 22.5 Å². The van der Waals surface area contributed by atoms with Gasteiger partial charge in [0.2, 0.25) is 5.91 Å². The van der Waals surface area contributed by atoms with Crippen molar-refractivity contribution in [2.45, 2.75) is 38.6 Å². The van der Waals surface area contributed by atoms with Crippen LogP contribution in [0.25, 0.3) is 10.8 Å². The second kappa shape index (κ2) is 10.3. The lowest BCUT2D eigenvalue weighted by atomic mass is 10.1. The van der Waals surface area contributed by atoms with E-state index in [4.69, 9.17) is 16.3 Å². The van der Waals surface area contributed by atoms with Crippen molar-refractivity contribution < 1.29 is 9.53 Å². The predicted molar refractivity (Wildman–Crippen MR) is 134 cm³/mol. The number of hydrogen-bond donors (Lipinski definition) is 1. The summed E-state index contributed by atoms with van der Waals surface area (Å²) in [6.45, 7) is 6.56. The summed E-state index contributed by atoms with van der Waals surface area (Å²) in [5.74, 6) is 1.57. The van der Waals surface area contributed by atoms with Gasteiger partial charge in [0, 0.05) is 22.6 Å². The lowest BCUT2D eigenvalue weighted by Gasteiger charge is -2.16. The van der Waals surface area contributed by atoms with Gasteiger partial charge in [0.25, 0.3) is 0 Å². The summed E-state index contributed by atoms with van der Waals surface area (Å²) in [5, 5.41) is 15.1. The molecule has 1 atom stereocenters. The molecule has 0 bridgehead atoms. The zero-order chi connectivity index (χ0) is 23.4. The van der Waals surface area contributed by atoms with Crippen LogP contribution < -0.4 is 10.1 Å². The van der Waals surface area contributed by atoms with Crippen LogP contribution in [-0.4, -0.2) is 26.4 Å². The van der Waals surface area contributed by atoms with Gasteiger partial charge < -0.3 is 14.6 Å². The van der Waals surface area contributed by atoms with E-state index in [2.05, 4.69) is 15.5 Å². The zero-order valence-corrected chi connectivity index (χ0v) is 20.3. The Labute approximate surface area is 202 Å². The Morgan fingerprint density at radius 3 is 2.73 bits per heavy atom. The Kier molecular flexibility index (Phi) is 7.20. The first-order chi connectivity index (χ1) is 16.0. The number of anilines is 1. The number of ether oxygens (including phenoxy) is 1. The van der Waals surface area contributed by atoms with Gasteiger partial charge in [-0.05, 0) is 56.0 Å². The highest BCUT2D eigenvalue weighted by atomic mass is 35.5. The van der Waals surface area contributed by atoms with Gasteiger partial charge in [-0.25, -0.2) is 0 Å². The number of nitrogens with one attached hydrogen (secondary N) is 1. The number of fused-ring (bicyclic) bond motifs is 1. The second-order valence-corrected chi connectivity index (χ2v) is 8.97. The Morgan fingerprint density at radius 2 is 1.94 bits per heavy atom. The first-order valence-corrected chi connectivity index (χ1v) is 12.1. The number of halogens is 1. The van der Waals surface area contributed by atoms with Crippen molar-refractivity contribution >= 4 is 45.7 Å².